The van der Waals surface area contributed by atoms with Crippen molar-refractivity contribution in [2.24, 2.45) is 0 Å². The molecule has 18 heavy (non-hydrogen) atoms. The third kappa shape index (κ3) is 7.20. The van der Waals surface area contributed by atoms with Crippen LogP contribution in [0.3, 0.4) is 0 Å². The summed E-state index contributed by atoms with van der Waals surface area (Å²) in [6, 6.07) is 6.66. The van der Waals surface area contributed by atoms with Gasteiger partial charge in [-0.1, -0.05) is 6.07 Å². The van der Waals surface area contributed by atoms with E-state index in [0.29, 0.717) is 11.5 Å². The van der Waals surface area contributed by atoms with Crippen molar-refractivity contribution in [1.29, 1.82) is 0 Å². The normalized spacial score (nSPS) is 12.4. The van der Waals surface area contributed by atoms with Crippen molar-refractivity contribution < 1.29 is 27.6 Å². The fourth-order valence-electron chi connectivity index (χ4n) is 1.17. The number of ether oxygens (including phenoxy) is 2. The minimum atomic E-state index is -4.20. The summed E-state index contributed by atoms with van der Waals surface area (Å²) in [5.74, 6) is 0.280. The van der Waals surface area contributed by atoms with Gasteiger partial charge in [0.2, 0.25) is 0 Å². The monoisotopic (exact) mass is 285 g/mol. The van der Waals surface area contributed by atoms with Crippen molar-refractivity contribution in [3.05, 3.63) is 24.3 Å². The Kier molecular flexibility index (Phi) is 7.84. The van der Waals surface area contributed by atoms with Crippen LogP contribution in [0.25, 0.3) is 0 Å². The molecule has 0 aliphatic rings. The number of hydrogen-bond donors (Lipinski definition) is 2. The molecule has 1 radical (unpaired) electrons. The number of aliphatic hydroxyl groups excluding tert-OH is 1. The fourth-order valence-corrected chi connectivity index (χ4v) is 1.76. The largest absolute Gasteiger partial charge is 0.497 e. The van der Waals surface area contributed by atoms with E-state index in [-0.39, 0.29) is 36.2 Å². The molecular formula is C10H14NaO6S. The molecule has 0 spiro atoms. The summed E-state index contributed by atoms with van der Waals surface area (Å²) in [6.45, 7) is -0.229. The molecule has 0 saturated heterocycles. The van der Waals surface area contributed by atoms with Crippen molar-refractivity contribution >= 4 is 39.7 Å². The molecule has 0 aliphatic heterocycles. The summed E-state index contributed by atoms with van der Waals surface area (Å²) in [5, 5.41) is 9.28. The maximum Gasteiger partial charge on any atom is 0.267 e. The Morgan fingerprint density at radius 1 is 1.33 bits per heavy atom. The second-order valence-electron chi connectivity index (χ2n) is 3.39. The van der Waals surface area contributed by atoms with Gasteiger partial charge in [0.1, 0.15) is 30.0 Å². The Balaban J connectivity index is 0.00000289. The molecule has 6 nitrogen and oxygen atoms in total. The van der Waals surface area contributed by atoms with Crippen LogP contribution in [-0.4, -0.2) is 73.2 Å². The minimum Gasteiger partial charge on any atom is -0.497 e. The van der Waals surface area contributed by atoms with Crippen molar-refractivity contribution in [2.75, 3.05) is 19.5 Å². The minimum absolute atomic E-state index is 0. The first kappa shape index (κ1) is 17.7. The van der Waals surface area contributed by atoms with Crippen LogP contribution in [0.1, 0.15) is 0 Å². The van der Waals surface area contributed by atoms with E-state index in [0.717, 1.165) is 0 Å². The first-order valence-corrected chi connectivity index (χ1v) is 6.41. The number of hydrogen-bond acceptors (Lipinski definition) is 5. The van der Waals surface area contributed by atoms with E-state index in [2.05, 4.69) is 0 Å². The zero-order valence-corrected chi connectivity index (χ0v) is 13.1. The Morgan fingerprint density at radius 2 is 1.94 bits per heavy atom. The molecule has 1 atom stereocenters. The maximum atomic E-state index is 10.5. The van der Waals surface area contributed by atoms with Crippen LogP contribution in [0.4, 0.5) is 0 Å². The Bertz CT molecular complexity index is 461. The Hall–Kier alpha value is -0.310. The van der Waals surface area contributed by atoms with Gasteiger partial charge in [-0.15, -0.1) is 0 Å². The van der Waals surface area contributed by atoms with Crippen molar-refractivity contribution in [3.63, 3.8) is 0 Å². The van der Waals surface area contributed by atoms with Crippen molar-refractivity contribution in [1.82, 2.24) is 0 Å². The van der Waals surface area contributed by atoms with Gasteiger partial charge < -0.3 is 14.6 Å². The molecule has 0 aromatic heterocycles. The van der Waals surface area contributed by atoms with Gasteiger partial charge >= 0.3 is 0 Å². The predicted molar refractivity (Wildman–Crippen MR) is 66.7 cm³/mol. The molecule has 0 bridgehead atoms. The predicted octanol–water partition coefficient (Wildman–Crippen LogP) is -0.0581. The summed E-state index contributed by atoms with van der Waals surface area (Å²) in [4.78, 5) is 0. The number of benzene rings is 1. The number of aliphatic hydroxyl groups is 1. The first-order valence-electron chi connectivity index (χ1n) is 4.81. The topological polar surface area (TPSA) is 93.1 Å². The van der Waals surface area contributed by atoms with Gasteiger partial charge in [-0.25, -0.2) is 0 Å². The van der Waals surface area contributed by atoms with Crippen LogP contribution in [0.15, 0.2) is 24.3 Å². The van der Waals surface area contributed by atoms with Gasteiger partial charge in [0.15, 0.2) is 0 Å². The molecule has 0 aliphatic carbocycles. The Morgan fingerprint density at radius 3 is 2.50 bits per heavy atom. The van der Waals surface area contributed by atoms with E-state index < -0.39 is 22.0 Å². The molecule has 8 heteroatoms. The molecule has 2 N–H and O–H groups in total. The van der Waals surface area contributed by atoms with Crippen LogP contribution >= 0.6 is 0 Å². The van der Waals surface area contributed by atoms with E-state index in [1.54, 1.807) is 24.3 Å². The van der Waals surface area contributed by atoms with E-state index in [1.165, 1.54) is 7.11 Å². The Labute approximate surface area is 128 Å². The molecule has 0 fully saturated rings. The van der Waals surface area contributed by atoms with E-state index in [9.17, 15) is 13.5 Å². The molecule has 1 aromatic carbocycles. The second kappa shape index (κ2) is 7.98. The standard InChI is InChI=1S/C10H14O6S.Na/c1-15-9-3-2-4-10(5-9)16-6-8(11)7-17(12,13)14;/h2-5,8,11H,6-7H2,1H3,(H,12,13,14);. The smallest absolute Gasteiger partial charge is 0.267 e. The summed E-state index contributed by atoms with van der Waals surface area (Å²) in [6.07, 6.45) is -1.28. The van der Waals surface area contributed by atoms with Crippen LogP contribution in [0.2, 0.25) is 0 Å². The van der Waals surface area contributed by atoms with Gasteiger partial charge in [-0.2, -0.15) is 8.42 Å². The van der Waals surface area contributed by atoms with Crippen molar-refractivity contribution in [2.45, 2.75) is 6.10 Å². The zero-order valence-electron chi connectivity index (χ0n) is 10.2. The fraction of sp³-hybridized carbons (Fsp3) is 0.400. The van der Waals surface area contributed by atoms with E-state index >= 15 is 0 Å². The summed E-state index contributed by atoms with van der Waals surface area (Å²) < 4.78 is 39.6. The third-order valence-corrected chi connectivity index (χ3v) is 2.69. The molecule has 1 aromatic rings. The van der Waals surface area contributed by atoms with Gasteiger partial charge in [0.05, 0.1) is 7.11 Å². The molecule has 0 amide bonds. The molecule has 0 heterocycles. The van der Waals surface area contributed by atoms with Gasteiger partial charge in [-0.05, 0) is 12.1 Å². The van der Waals surface area contributed by atoms with Gasteiger partial charge in [0, 0.05) is 35.6 Å². The molecule has 1 unspecified atom stereocenters. The average molecular weight is 285 g/mol. The van der Waals surface area contributed by atoms with E-state index in [1.807, 2.05) is 0 Å². The second-order valence-corrected chi connectivity index (χ2v) is 4.89. The summed E-state index contributed by atoms with van der Waals surface area (Å²) >= 11 is 0. The van der Waals surface area contributed by atoms with Crippen LogP contribution in [0, 0.1) is 0 Å². The maximum absolute atomic E-state index is 10.5. The van der Waals surface area contributed by atoms with Gasteiger partial charge in [0.25, 0.3) is 10.1 Å². The number of methoxy groups -OCH3 is 1. The molecule has 97 valence electrons. The van der Waals surface area contributed by atoms with Gasteiger partial charge in [-0.3, -0.25) is 4.55 Å². The average Bonchev–Trinajstić information content (AvgIpc) is 2.24. The van der Waals surface area contributed by atoms with Crippen LogP contribution < -0.4 is 9.47 Å². The van der Waals surface area contributed by atoms with Crippen molar-refractivity contribution in [3.8, 4) is 11.5 Å². The molecule has 1 rings (SSSR count). The number of rotatable bonds is 6. The van der Waals surface area contributed by atoms with Crippen LogP contribution in [0.5, 0.6) is 11.5 Å². The summed E-state index contributed by atoms with van der Waals surface area (Å²) in [5.41, 5.74) is 0. The summed E-state index contributed by atoms with van der Waals surface area (Å²) in [7, 11) is -2.69. The SMILES string of the molecule is COc1cccc(OCC(O)CS(=O)(=O)O)c1.[Na]. The zero-order chi connectivity index (χ0) is 12.9. The third-order valence-electron chi connectivity index (χ3n) is 1.89. The van der Waals surface area contributed by atoms with Crippen LogP contribution in [-0.2, 0) is 10.1 Å². The quantitative estimate of drug-likeness (QED) is 0.562. The molecular weight excluding hydrogens is 271 g/mol. The molecule has 0 saturated carbocycles. The van der Waals surface area contributed by atoms with E-state index in [4.69, 9.17) is 14.0 Å². The first-order chi connectivity index (χ1) is 7.90.